The van der Waals surface area contributed by atoms with Crippen molar-refractivity contribution in [2.24, 2.45) is 5.73 Å². The van der Waals surface area contributed by atoms with E-state index >= 15 is 0 Å². The number of nitrogens with one attached hydrogen (secondary N) is 1. The zero-order valence-corrected chi connectivity index (χ0v) is 8.58. The van der Waals surface area contributed by atoms with Gasteiger partial charge in [-0.1, -0.05) is 4.13 Å². The number of aliphatic hydroxyl groups excluding tert-OH is 1. The Morgan fingerprint density at radius 2 is 1.33 bits per heavy atom. The van der Waals surface area contributed by atoms with Crippen molar-refractivity contribution in [2.75, 3.05) is 6.73 Å². The average Bonchev–Trinajstić information content (AvgIpc) is 1.53. The molecule has 0 atom stereocenters. The van der Waals surface area contributed by atoms with Gasteiger partial charge in [0.15, 0.2) is 0 Å². The molecule has 7 nitrogen and oxygen atoms in total. The van der Waals surface area contributed by atoms with E-state index in [9.17, 15) is 16.8 Å². The first-order valence-corrected chi connectivity index (χ1v) is 6.73. The molecule has 76 valence electrons. The van der Waals surface area contributed by atoms with Crippen molar-refractivity contribution in [3.63, 3.8) is 0 Å². The Morgan fingerprint density at radius 3 is 1.33 bits per heavy atom. The number of hydrogen-bond donors (Lipinski definition) is 3. The van der Waals surface area contributed by atoms with Gasteiger partial charge in [0.1, 0.15) is 0 Å². The van der Waals surface area contributed by atoms with Crippen LogP contribution in [0.25, 0.3) is 0 Å². The highest BCUT2D eigenvalue weighted by Gasteiger charge is 2.13. The predicted octanol–water partition coefficient (Wildman–Crippen LogP) is -1.56. The van der Waals surface area contributed by atoms with Gasteiger partial charge in [-0.05, 0) is 0 Å². The molecule has 0 radical (unpaired) electrons. The van der Waals surface area contributed by atoms with Crippen molar-refractivity contribution in [1.29, 1.82) is 0 Å². The Balaban J connectivity index is 0. The minimum atomic E-state index is -4.28. The lowest BCUT2D eigenvalue weighted by Gasteiger charge is -1.89. The van der Waals surface area contributed by atoms with E-state index in [0.29, 0.717) is 0 Å². The van der Waals surface area contributed by atoms with Gasteiger partial charge < -0.3 is 10.8 Å². The standard InChI is InChI=1S/CH5NO.Cl2HNO4S2/c2-1-3;1-8(4,5)3-9(2,6)7/h3H,1-2H2;3H. The minimum Gasteiger partial charge on any atom is -0.382 e. The molecule has 0 aliphatic heterocycles. The molecule has 0 rings (SSSR count). The van der Waals surface area contributed by atoms with Crippen LogP contribution in [0.1, 0.15) is 0 Å². The molecule has 0 fully saturated rings. The maximum atomic E-state index is 9.84. The van der Waals surface area contributed by atoms with Gasteiger partial charge in [0, 0.05) is 21.4 Å². The number of halogens is 2. The van der Waals surface area contributed by atoms with Crippen LogP contribution in [0, 0.1) is 0 Å². The average molecular weight is 261 g/mol. The first-order chi connectivity index (χ1) is 5.12. The fourth-order valence-corrected chi connectivity index (χ4v) is 2.85. The van der Waals surface area contributed by atoms with E-state index < -0.39 is 18.5 Å². The maximum Gasteiger partial charge on any atom is 0.311 e. The molecule has 0 aliphatic carbocycles. The molecule has 0 unspecified atom stereocenters. The maximum absolute atomic E-state index is 9.84. The van der Waals surface area contributed by atoms with E-state index in [1.54, 1.807) is 0 Å². The lowest BCUT2D eigenvalue weighted by molar-refractivity contribution is 0.307. The van der Waals surface area contributed by atoms with Crippen molar-refractivity contribution in [3.8, 4) is 0 Å². The van der Waals surface area contributed by atoms with Gasteiger partial charge in [-0.2, -0.15) is 16.8 Å². The Morgan fingerprint density at radius 1 is 1.17 bits per heavy atom. The molecular weight excluding hydrogens is 255 g/mol. The van der Waals surface area contributed by atoms with Crippen LogP contribution >= 0.6 is 21.4 Å². The molecule has 0 spiro atoms. The molecule has 4 N–H and O–H groups in total. The van der Waals surface area contributed by atoms with Gasteiger partial charge in [0.25, 0.3) is 0 Å². The summed E-state index contributed by atoms with van der Waals surface area (Å²) in [4.78, 5) is 0. The van der Waals surface area contributed by atoms with E-state index in [-0.39, 0.29) is 6.73 Å². The van der Waals surface area contributed by atoms with Crippen molar-refractivity contribution in [2.45, 2.75) is 0 Å². The van der Waals surface area contributed by atoms with Crippen LogP contribution in [0.2, 0.25) is 0 Å². The van der Waals surface area contributed by atoms with Gasteiger partial charge in [-0.3, -0.25) is 0 Å². The van der Waals surface area contributed by atoms with Gasteiger partial charge in [0.2, 0.25) is 0 Å². The Bertz CT molecular complexity index is 263. The highest BCUT2D eigenvalue weighted by atomic mass is 35.7. The SMILES string of the molecule is NCO.O=S(=O)(Cl)NS(=O)(=O)Cl. The van der Waals surface area contributed by atoms with Crippen molar-refractivity contribution in [1.82, 2.24) is 4.13 Å². The van der Waals surface area contributed by atoms with Crippen LogP contribution in [-0.4, -0.2) is 28.7 Å². The van der Waals surface area contributed by atoms with E-state index in [0.717, 1.165) is 4.13 Å². The summed E-state index contributed by atoms with van der Waals surface area (Å²) in [5.41, 5.74) is 4.40. The van der Waals surface area contributed by atoms with Crippen LogP contribution in [0.5, 0.6) is 0 Å². The number of nitrogens with two attached hydrogens (primary N) is 1. The summed E-state index contributed by atoms with van der Waals surface area (Å²) < 4.78 is 40.3. The summed E-state index contributed by atoms with van der Waals surface area (Å²) in [6.45, 7) is -0.250. The minimum absolute atomic E-state index is 0.250. The Labute approximate surface area is 78.6 Å². The molecule has 0 bridgehead atoms. The third-order valence-electron chi connectivity index (χ3n) is 0.199. The highest BCUT2D eigenvalue weighted by molar-refractivity contribution is 8.25. The third kappa shape index (κ3) is 22.4. The zero-order chi connectivity index (χ0) is 10.4. The number of hydrogen-bond acceptors (Lipinski definition) is 6. The normalized spacial score (nSPS) is 11.7. The summed E-state index contributed by atoms with van der Waals surface area (Å²) >= 11 is 0. The second-order valence-corrected chi connectivity index (χ2v) is 6.00. The lowest BCUT2D eigenvalue weighted by atomic mass is 11.4. The summed E-state index contributed by atoms with van der Waals surface area (Å²) in [5.74, 6) is 0. The van der Waals surface area contributed by atoms with Crippen molar-refractivity contribution in [3.05, 3.63) is 0 Å². The van der Waals surface area contributed by atoms with E-state index in [4.69, 9.17) is 5.11 Å². The molecule has 0 heterocycles. The lowest BCUT2D eigenvalue weighted by Crippen LogP contribution is -2.21. The van der Waals surface area contributed by atoms with E-state index in [1.165, 1.54) is 0 Å². The first kappa shape index (κ1) is 14.9. The Kier molecular flexibility index (Phi) is 7.32. The largest absolute Gasteiger partial charge is 0.382 e. The van der Waals surface area contributed by atoms with Crippen molar-refractivity contribution >= 4 is 39.8 Å². The van der Waals surface area contributed by atoms with Crippen molar-refractivity contribution < 1.29 is 21.9 Å². The fraction of sp³-hybridized carbons (Fsp3) is 1.00. The zero-order valence-electron chi connectivity index (χ0n) is 5.44. The van der Waals surface area contributed by atoms with Crippen LogP contribution in [-0.2, 0) is 18.5 Å². The molecule has 0 aromatic carbocycles. The first-order valence-electron chi connectivity index (χ1n) is 2.11. The van der Waals surface area contributed by atoms with Gasteiger partial charge in [-0.25, -0.2) is 0 Å². The predicted molar refractivity (Wildman–Crippen MR) is 44.0 cm³/mol. The van der Waals surface area contributed by atoms with Gasteiger partial charge >= 0.3 is 18.5 Å². The molecule has 0 aromatic heterocycles. The summed E-state index contributed by atoms with van der Waals surface area (Å²) in [7, 11) is 0.272. The van der Waals surface area contributed by atoms with Gasteiger partial charge in [-0.15, -0.1) is 0 Å². The molecule has 11 heteroatoms. The second-order valence-electron chi connectivity index (χ2n) is 1.14. The Hall–Kier alpha value is 0.360. The quantitative estimate of drug-likeness (QED) is 0.407. The topological polar surface area (TPSA) is 127 Å². The third-order valence-corrected chi connectivity index (χ3v) is 2.93. The van der Waals surface area contributed by atoms with E-state index in [2.05, 4.69) is 27.1 Å². The summed E-state index contributed by atoms with van der Waals surface area (Å²) in [6, 6.07) is 0. The molecule has 0 saturated heterocycles. The molecule has 0 aromatic rings. The smallest absolute Gasteiger partial charge is 0.311 e. The van der Waals surface area contributed by atoms with Crippen LogP contribution in [0.4, 0.5) is 0 Å². The monoisotopic (exact) mass is 260 g/mol. The van der Waals surface area contributed by atoms with E-state index in [1.807, 2.05) is 0 Å². The number of rotatable bonds is 2. The number of aliphatic hydroxyl groups is 1. The fourth-order valence-electron chi connectivity index (χ4n) is 0.119. The van der Waals surface area contributed by atoms with Crippen LogP contribution in [0.15, 0.2) is 0 Å². The molecule has 12 heavy (non-hydrogen) atoms. The van der Waals surface area contributed by atoms with Gasteiger partial charge in [0.05, 0.1) is 6.73 Å². The van der Waals surface area contributed by atoms with Crippen LogP contribution < -0.4 is 9.86 Å². The highest BCUT2D eigenvalue weighted by Crippen LogP contribution is 1.97. The molecular formula is CH6Cl2N2O5S2. The summed E-state index contributed by atoms with van der Waals surface area (Å²) in [5, 5.41) is 7.35. The molecule has 0 aliphatic rings. The molecule has 0 amide bonds. The second kappa shape index (κ2) is 5.91. The van der Waals surface area contributed by atoms with Crippen LogP contribution in [0.3, 0.4) is 0 Å². The summed E-state index contributed by atoms with van der Waals surface area (Å²) in [6.07, 6.45) is 0. The molecule has 0 saturated carbocycles.